The van der Waals surface area contributed by atoms with Gasteiger partial charge in [-0.1, -0.05) is 17.7 Å². The highest BCUT2D eigenvalue weighted by Gasteiger charge is 2.53. The van der Waals surface area contributed by atoms with Crippen molar-refractivity contribution in [3.05, 3.63) is 63.7 Å². The van der Waals surface area contributed by atoms with Gasteiger partial charge in [-0.25, -0.2) is 9.07 Å². The molecule has 1 saturated carbocycles. The number of rotatable bonds is 6. The van der Waals surface area contributed by atoms with Crippen LogP contribution < -0.4 is 10.5 Å². The molecular formula is C25H27ClFN7O. The van der Waals surface area contributed by atoms with Gasteiger partial charge in [0, 0.05) is 50.5 Å². The van der Waals surface area contributed by atoms with Crippen LogP contribution in [0.25, 0.3) is 16.4 Å². The topological polar surface area (TPSA) is 71.6 Å². The van der Waals surface area contributed by atoms with Gasteiger partial charge >= 0.3 is 0 Å². The quantitative estimate of drug-likeness (QED) is 0.409. The third kappa shape index (κ3) is 3.77. The highest BCUT2D eigenvalue weighted by atomic mass is 35.5. The van der Waals surface area contributed by atoms with Crippen molar-refractivity contribution in [1.29, 1.82) is 0 Å². The molecule has 0 N–H and O–H groups in total. The Kier molecular flexibility index (Phi) is 5.30. The van der Waals surface area contributed by atoms with E-state index in [9.17, 15) is 9.18 Å². The van der Waals surface area contributed by atoms with E-state index in [0.29, 0.717) is 39.6 Å². The fourth-order valence-corrected chi connectivity index (χ4v) is 6.24. The Morgan fingerprint density at radius 1 is 1.29 bits per heavy atom. The van der Waals surface area contributed by atoms with Crippen molar-refractivity contribution in [1.82, 2.24) is 29.3 Å². The van der Waals surface area contributed by atoms with Crippen LogP contribution in [0.4, 0.5) is 10.1 Å². The monoisotopic (exact) mass is 495 g/mol. The molecule has 6 rings (SSSR count). The lowest BCUT2D eigenvalue weighted by Gasteiger charge is -2.61. The van der Waals surface area contributed by atoms with Gasteiger partial charge in [0.05, 0.1) is 5.39 Å². The lowest BCUT2D eigenvalue weighted by molar-refractivity contribution is -0.0714. The summed E-state index contributed by atoms with van der Waals surface area (Å²) in [5.41, 5.74) is 2.57. The molecule has 4 aromatic rings. The van der Waals surface area contributed by atoms with Crippen molar-refractivity contribution < 1.29 is 4.39 Å². The van der Waals surface area contributed by atoms with Crippen LogP contribution in [0.2, 0.25) is 5.15 Å². The minimum Gasteiger partial charge on any atom is -0.371 e. The van der Waals surface area contributed by atoms with Gasteiger partial charge < -0.3 is 9.80 Å². The summed E-state index contributed by atoms with van der Waals surface area (Å²) in [6, 6.07) is 7.94. The summed E-state index contributed by atoms with van der Waals surface area (Å²) in [5, 5.41) is 13.7. The number of pyridine rings is 1. The van der Waals surface area contributed by atoms with Gasteiger partial charge in [-0.2, -0.15) is 5.10 Å². The largest absolute Gasteiger partial charge is 0.371 e. The van der Waals surface area contributed by atoms with Crippen molar-refractivity contribution >= 4 is 33.7 Å². The number of hydrogen-bond donors (Lipinski definition) is 0. The van der Waals surface area contributed by atoms with Crippen molar-refractivity contribution in [2.75, 3.05) is 31.6 Å². The molecule has 0 atom stereocenters. The molecule has 1 aliphatic heterocycles. The minimum absolute atomic E-state index is 0.138. The van der Waals surface area contributed by atoms with E-state index in [1.807, 2.05) is 18.2 Å². The molecule has 0 unspecified atom stereocenters. The number of aryl methyl sites for hydroxylation is 2. The van der Waals surface area contributed by atoms with E-state index in [1.165, 1.54) is 17.2 Å². The Hall–Kier alpha value is -3.04. The molecule has 1 spiro atoms. The number of nitrogens with zero attached hydrogens (tertiary/aromatic N) is 7. The van der Waals surface area contributed by atoms with Crippen molar-refractivity contribution in [2.45, 2.75) is 31.7 Å². The first-order valence-electron chi connectivity index (χ1n) is 11.9. The number of aromatic nitrogens is 5. The van der Waals surface area contributed by atoms with E-state index in [-0.39, 0.29) is 11.4 Å². The molecule has 35 heavy (non-hydrogen) atoms. The van der Waals surface area contributed by atoms with E-state index in [1.54, 1.807) is 17.5 Å². The van der Waals surface area contributed by atoms with Crippen LogP contribution in [0.3, 0.4) is 0 Å². The maximum absolute atomic E-state index is 14.3. The van der Waals surface area contributed by atoms with Crippen LogP contribution in [-0.2, 0) is 13.5 Å². The van der Waals surface area contributed by atoms with Crippen LogP contribution >= 0.6 is 11.6 Å². The molecular weight excluding hydrogens is 469 g/mol. The van der Waals surface area contributed by atoms with Crippen LogP contribution in [0.5, 0.6) is 0 Å². The highest BCUT2D eigenvalue weighted by molar-refractivity contribution is 6.35. The van der Waals surface area contributed by atoms with Crippen LogP contribution in [-0.4, -0.2) is 62.0 Å². The van der Waals surface area contributed by atoms with Gasteiger partial charge in [-0.15, -0.1) is 10.2 Å². The number of likely N-dealkylation sites (tertiary alicyclic amines) is 1. The Morgan fingerprint density at radius 3 is 2.89 bits per heavy atom. The van der Waals surface area contributed by atoms with Gasteiger partial charge in [0.15, 0.2) is 10.8 Å². The zero-order chi connectivity index (χ0) is 24.3. The second-order valence-corrected chi connectivity index (χ2v) is 10.5. The molecule has 2 aliphatic rings. The van der Waals surface area contributed by atoms with Gasteiger partial charge in [0.25, 0.3) is 5.56 Å². The Morgan fingerprint density at radius 2 is 2.09 bits per heavy atom. The fraction of sp³-hybridized carbons (Fsp3) is 0.440. The summed E-state index contributed by atoms with van der Waals surface area (Å²) < 4.78 is 17.2. The molecule has 1 aliphatic carbocycles. The molecule has 0 radical (unpaired) electrons. The van der Waals surface area contributed by atoms with Crippen molar-refractivity contribution in [3.8, 4) is 0 Å². The summed E-state index contributed by atoms with van der Waals surface area (Å²) in [6.45, 7) is 3.14. The van der Waals surface area contributed by atoms with Crippen molar-refractivity contribution in [3.63, 3.8) is 0 Å². The van der Waals surface area contributed by atoms with Gasteiger partial charge in [0.1, 0.15) is 12.1 Å². The smallest absolute Gasteiger partial charge is 0.274 e. The first-order chi connectivity index (χ1) is 16.8. The number of benzene rings is 1. The summed E-state index contributed by atoms with van der Waals surface area (Å²) in [6.07, 6.45) is 6.80. The maximum atomic E-state index is 14.3. The van der Waals surface area contributed by atoms with Crippen LogP contribution in [0, 0.1) is 11.2 Å². The minimum atomic E-state index is -0.205. The molecule has 0 amide bonds. The van der Waals surface area contributed by atoms with Gasteiger partial charge in [-0.05, 0) is 61.4 Å². The standard InChI is InChI=1S/C25H27ClFN7O/c1-31(20-7-3-6-18-22(20)23(26)30-32(2)24(18)35)17-10-25(11-17)13-33(14-25)8-4-5-16-9-21-29-28-15-34(21)12-19(16)27/h3,6-7,9,12,15,17H,4-5,8,10-11,13-14H2,1-2H3. The Balaban J connectivity index is 1.04. The fourth-order valence-electron chi connectivity index (χ4n) is 5.93. The highest BCUT2D eigenvalue weighted by Crippen LogP contribution is 2.51. The van der Waals surface area contributed by atoms with E-state index >= 15 is 0 Å². The SMILES string of the molecule is CN(c1cccc2c(=O)n(C)nc(Cl)c12)C1CC2(C1)CN(CCCc1cc3nncn3cc1F)C2. The summed E-state index contributed by atoms with van der Waals surface area (Å²) in [4.78, 5) is 17.3. The summed E-state index contributed by atoms with van der Waals surface area (Å²) in [7, 11) is 3.70. The van der Waals surface area contributed by atoms with Crippen molar-refractivity contribution in [2.24, 2.45) is 12.5 Å². The number of halogens is 2. The lowest BCUT2D eigenvalue weighted by atomic mass is 9.60. The zero-order valence-corrected chi connectivity index (χ0v) is 20.5. The molecule has 0 bridgehead atoms. The number of hydrogen-bond acceptors (Lipinski definition) is 6. The Labute approximate surface area is 206 Å². The van der Waals surface area contributed by atoms with E-state index in [2.05, 4.69) is 32.1 Å². The first-order valence-corrected chi connectivity index (χ1v) is 12.3. The summed E-state index contributed by atoms with van der Waals surface area (Å²) in [5.74, 6) is -0.205. The molecule has 10 heteroatoms. The van der Waals surface area contributed by atoms with Crippen LogP contribution in [0.15, 0.2) is 41.6 Å². The second kappa shape index (κ2) is 8.27. The average molecular weight is 496 g/mol. The molecule has 1 saturated heterocycles. The zero-order valence-electron chi connectivity index (χ0n) is 19.8. The van der Waals surface area contributed by atoms with E-state index in [0.717, 1.165) is 50.0 Å². The van der Waals surface area contributed by atoms with Gasteiger partial charge in [-0.3, -0.25) is 9.20 Å². The maximum Gasteiger partial charge on any atom is 0.274 e. The molecule has 182 valence electrons. The normalized spacial score (nSPS) is 17.7. The molecule has 2 fully saturated rings. The molecule has 1 aromatic carbocycles. The molecule has 8 nitrogen and oxygen atoms in total. The number of fused-ring (bicyclic) bond motifs is 2. The van der Waals surface area contributed by atoms with E-state index in [4.69, 9.17) is 11.6 Å². The molecule has 3 aromatic heterocycles. The number of anilines is 1. The molecule has 4 heterocycles. The second-order valence-electron chi connectivity index (χ2n) is 10.1. The third-order valence-electron chi connectivity index (χ3n) is 7.78. The average Bonchev–Trinajstić information content (AvgIpc) is 3.24. The van der Waals surface area contributed by atoms with Crippen LogP contribution in [0.1, 0.15) is 24.8 Å². The first kappa shape index (κ1) is 22.4. The predicted octanol–water partition coefficient (Wildman–Crippen LogP) is 3.30. The predicted molar refractivity (Wildman–Crippen MR) is 134 cm³/mol. The summed E-state index contributed by atoms with van der Waals surface area (Å²) >= 11 is 6.45. The van der Waals surface area contributed by atoms with Gasteiger partial charge in [0.2, 0.25) is 0 Å². The Bertz CT molecular complexity index is 1480. The van der Waals surface area contributed by atoms with E-state index < -0.39 is 0 Å². The lowest BCUT2D eigenvalue weighted by Crippen LogP contribution is -2.66. The third-order valence-corrected chi connectivity index (χ3v) is 8.04.